The predicted molar refractivity (Wildman–Crippen MR) is 65.2 cm³/mol. The van der Waals surface area contributed by atoms with E-state index in [1.807, 2.05) is 0 Å². The standard InChI is InChI=1S/C7H11ClN4O2S2/c8-5-1-2-6(15-5)16(13,14)12-4-3-11-7(9)10/h1-2,12H,3-4H2,(H4,9,10,11). The van der Waals surface area contributed by atoms with Crippen LogP contribution in [0.2, 0.25) is 4.34 Å². The summed E-state index contributed by atoms with van der Waals surface area (Å²) in [5.41, 5.74) is 10.2. The molecule has 6 nitrogen and oxygen atoms in total. The van der Waals surface area contributed by atoms with Gasteiger partial charge in [0.05, 0.1) is 10.9 Å². The minimum Gasteiger partial charge on any atom is -0.370 e. The Morgan fingerprint density at radius 3 is 2.69 bits per heavy atom. The number of nitrogens with zero attached hydrogens (tertiary/aromatic N) is 1. The van der Waals surface area contributed by atoms with Crippen molar-refractivity contribution in [3.8, 4) is 0 Å². The lowest BCUT2D eigenvalue weighted by atomic mass is 10.7. The summed E-state index contributed by atoms with van der Waals surface area (Å²) in [6.45, 7) is 0.330. The molecular weight excluding hydrogens is 272 g/mol. The van der Waals surface area contributed by atoms with Crippen molar-refractivity contribution in [2.75, 3.05) is 13.1 Å². The Bertz CT molecular complexity index is 478. The largest absolute Gasteiger partial charge is 0.370 e. The molecule has 1 aromatic rings. The highest BCUT2D eigenvalue weighted by atomic mass is 35.5. The molecule has 1 rings (SSSR count). The van der Waals surface area contributed by atoms with E-state index in [1.54, 1.807) is 0 Å². The summed E-state index contributed by atoms with van der Waals surface area (Å²) in [6, 6.07) is 2.96. The topological polar surface area (TPSA) is 111 Å². The molecule has 0 aliphatic rings. The molecule has 0 spiro atoms. The highest BCUT2D eigenvalue weighted by Gasteiger charge is 2.15. The van der Waals surface area contributed by atoms with E-state index >= 15 is 0 Å². The van der Waals surface area contributed by atoms with E-state index < -0.39 is 10.0 Å². The summed E-state index contributed by atoms with van der Waals surface area (Å²) in [7, 11) is -3.50. The molecule has 0 saturated heterocycles. The molecule has 0 radical (unpaired) electrons. The second-order valence-electron chi connectivity index (χ2n) is 2.76. The second-order valence-corrected chi connectivity index (χ2v) is 6.47. The van der Waals surface area contributed by atoms with Crippen LogP contribution in [0.1, 0.15) is 0 Å². The van der Waals surface area contributed by atoms with Crippen LogP contribution in [0, 0.1) is 0 Å². The Balaban J connectivity index is 2.57. The molecule has 0 fully saturated rings. The first-order valence-corrected chi connectivity index (χ1v) is 6.90. The molecule has 0 aliphatic carbocycles. The van der Waals surface area contributed by atoms with Crippen LogP contribution >= 0.6 is 22.9 Å². The normalized spacial score (nSPS) is 11.3. The SMILES string of the molecule is NC(N)=NCCNS(=O)(=O)c1ccc(Cl)s1. The first kappa shape index (κ1) is 13.2. The van der Waals surface area contributed by atoms with Crippen LogP contribution in [0.3, 0.4) is 0 Å². The van der Waals surface area contributed by atoms with Crippen molar-refractivity contribution in [3.63, 3.8) is 0 Å². The first-order chi connectivity index (χ1) is 7.42. The van der Waals surface area contributed by atoms with Crippen molar-refractivity contribution in [1.29, 1.82) is 0 Å². The van der Waals surface area contributed by atoms with Crippen molar-refractivity contribution in [2.45, 2.75) is 4.21 Å². The molecule has 1 aromatic heterocycles. The van der Waals surface area contributed by atoms with Gasteiger partial charge in [-0.2, -0.15) is 0 Å². The molecule has 90 valence electrons. The Kier molecular flexibility index (Phi) is 4.54. The maximum absolute atomic E-state index is 11.6. The Morgan fingerprint density at radius 1 is 1.50 bits per heavy atom. The zero-order valence-corrected chi connectivity index (χ0v) is 10.6. The van der Waals surface area contributed by atoms with Gasteiger partial charge >= 0.3 is 0 Å². The summed E-state index contributed by atoms with van der Waals surface area (Å²) < 4.78 is 26.2. The molecular formula is C7H11ClN4O2S2. The molecule has 1 heterocycles. The molecule has 0 aliphatic heterocycles. The van der Waals surface area contributed by atoms with Gasteiger partial charge in [0.15, 0.2) is 5.96 Å². The van der Waals surface area contributed by atoms with Crippen molar-refractivity contribution in [1.82, 2.24) is 4.72 Å². The second kappa shape index (κ2) is 5.48. The maximum atomic E-state index is 11.6. The van der Waals surface area contributed by atoms with E-state index in [0.29, 0.717) is 4.34 Å². The minimum atomic E-state index is -3.50. The van der Waals surface area contributed by atoms with Crippen LogP contribution < -0.4 is 16.2 Å². The fourth-order valence-electron chi connectivity index (χ4n) is 0.878. The molecule has 16 heavy (non-hydrogen) atoms. The van der Waals surface area contributed by atoms with Gasteiger partial charge in [0, 0.05) is 6.54 Å². The molecule has 0 amide bonds. The van der Waals surface area contributed by atoms with Gasteiger partial charge in [-0.25, -0.2) is 13.1 Å². The summed E-state index contributed by atoms with van der Waals surface area (Å²) in [4.78, 5) is 3.65. The third-order valence-electron chi connectivity index (χ3n) is 1.51. The first-order valence-electron chi connectivity index (χ1n) is 4.22. The number of nitrogens with two attached hydrogens (primary N) is 2. The van der Waals surface area contributed by atoms with E-state index in [0.717, 1.165) is 11.3 Å². The third-order valence-corrected chi connectivity index (χ3v) is 4.70. The number of halogens is 1. The molecule has 9 heteroatoms. The molecule has 0 unspecified atom stereocenters. The fraction of sp³-hybridized carbons (Fsp3) is 0.286. The molecule has 0 saturated carbocycles. The quantitative estimate of drug-likeness (QED) is 0.399. The predicted octanol–water partition coefficient (Wildman–Crippen LogP) is -0.0468. The van der Waals surface area contributed by atoms with Gasteiger partial charge in [0.1, 0.15) is 4.21 Å². The van der Waals surface area contributed by atoms with Crippen LogP contribution in [-0.2, 0) is 10.0 Å². The van der Waals surface area contributed by atoms with E-state index in [2.05, 4.69) is 9.71 Å². The van der Waals surface area contributed by atoms with E-state index in [1.165, 1.54) is 12.1 Å². The highest BCUT2D eigenvalue weighted by molar-refractivity contribution is 7.91. The Morgan fingerprint density at radius 2 is 2.19 bits per heavy atom. The number of thiophene rings is 1. The number of hydrogen-bond acceptors (Lipinski definition) is 4. The fourth-order valence-corrected chi connectivity index (χ4v) is 3.43. The van der Waals surface area contributed by atoms with Crippen LogP contribution in [0.15, 0.2) is 21.3 Å². The zero-order chi connectivity index (χ0) is 12.2. The lowest BCUT2D eigenvalue weighted by molar-refractivity contribution is 0.584. The number of sulfonamides is 1. The highest BCUT2D eigenvalue weighted by Crippen LogP contribution is 2.24. The molecule has 0 atom stereocenters. The van der Waals surface area contributed by atoms with Gasteiger partial charge < -0.3 is 11.5 Å². The van der Waals surface area contributed by atoms with Gasteiger partial charge in [-0.1, -0.05) is 11.6 Å². The monoisotopic (exact) mass is 282 g/mol. The lowest BCUT2D eigenvalue weighted by Gasteiger charge is -2.02. The number of rotatable bonds is 5. The van der Waals surface area contributed by atoms with Crippen molar-refractivity contribution in [3.05, 3.63) is 16.5 Å². The number of hydrogen-bond donors (Lipinski definition) is 3. The van der Waals surface area contributed by atoms with Crippen molar-refractivity contribution in [2.24, 2.45) is 16.5 Å². The summed E-state index contributed by atoms with van der Waals surface area (Å²) >= 11 is 6.63. The number of aliphatic imine (C=N–C) groups is 1. The Hall–Kier alpha value is -0.830. The number of nitrogens with one attached hydrogen (secondary N) is 1. The van der Waals surface area contributed by atoms with E-state index in [4.69, 9.17) is 23.1 Å². The van der Waals surface area contributed by atoms with Crippen LogP contribution in [-0.4, -0.2) is 27.5 Å². The molecule has 5 N–H and O–H groups in total. The van der Waals surface area contributed by atoms with Gasteiger partial charge in [-0.05, 0) is 12.1 Å². The van der Waals surface area contributed by atoms with Crippen LogP contribution in [0.25, 0.3) is 0 Å². The summed E-state index contributed by atoms with van der Waals surface area (Å²) in [5.74, 6) is -0.0710. The van der Waals surface area contributed by atoms with Crippen LogP contribution in [0.5, 0.6) is 0 Å². The van der Waals surface area contributed by atoms with Gasteiger partial charge in [-0.3, -0.25) is 4.99 Å². The van der Waals surface area contributed by atoms with E-state index in [9.17, 15) is 8.42 Å². The zero-order valence-electron chi connectivity index (χ0n) is 8.18. The lowest BCUT2D eigenvalue weighted by Crippen LogP contribution is -2.28. The Labute approximate surface area is 102 Å². The summed E-state index contributed by atoms with van der Waals surface area (Å²) in [6.07, 6.45) is 0. The van der Waals surface area contributed by atoms with Gasteiger partial charge in [0.2, 0.25) is 10.0 Å². The molecule has 0 aromatic carbocycles. The van der Waals surface area contributed by atoms with Crippen molar-refractivity contribution < 1.29 is 8.42 Å². The van der Waals surface area contributed by atoms with Crippen molar-refractivity contribution >= 4 is 38.9 Å². The average Bonchev–Trinajstić information content (AvgIpc) is 2.60. The van der Waals surface area contributed by atoms with Gasteiger partial charge in [-0.15, -0.1) is 11.3 Å². The summed E-state index contributed by atoms with van der Waals surface area (Å²) in [5, 5.41) is 0. The third kappa shape index (κ3) is 3.97. The average molecular weight is 283 g/mol. The maximum Gasteiger partial charge on any atom is 0.250 e. The minimum absolute atomic E-state index is 0.0710. The van der Waals surface area contributed by atoms with Crippen LogP contribution in [0.4, 0.5) is 0 Å². The number of guanidine groups is 1. The smallest absolute Gasteiger partial charge is 0.250 e. The van der Waals surface area contributed by atoms with Gasteiger partial charge in [0.25, 0.3) is 0 Å². The molecule has 0 bridgehead atoms. The van der Waals surface area contributed by atoms with E-state index in [-0.39, 0.29) is 23.3 Å².